The van der Waals surface area contributed by atoms with E-state index < -0.39 is 4.92 Å². The summed E-state index contributed by atoms with van der Waals surface area (Å²) in [5.74, 6) is 0.228. The number of non-ortho nitro benzene ring substituents is 1. The minimum absolute atomic E-state index is 0.0517. The van der Waals surface area contributed by atoms with Gasteiger partial charge in [-0.3, -0.25) is 15.1 Å². The number of nitrogens with zero attached hydrogens (tertiary/aromatic N) is 2. The van der Waals surface area contributed by atoms with Gasteiger partial charge in [0.2, 0.25) is 0 Å². The number of fused-ring (bicyclic) bond motifs is 1. The molecule has 0 saturated heterocycles. The fourth-order valence-electron chi connectivity index (χ4n) is 2.88. The smallest absolute Gasteiger partial charge is 0.269 e. The molecule has 3 aromatic carbocycles. The van der Waals surface area contributed by atoms with Gasteiger partial charge < -0.3 is 5.11 Å². The van der Waals surface area contributed by atoms with E-state index in [4.69, 9.17) is 0 Å². The van der Waals surface area contributed by atoms with Crippen LogP contribution in [0.15, 0.2) is 65.7 Å². The molecule has 25 heavy (non-hydrogen) atoms. The number of hydrogen-bond acceptors (Lipinski definition) is 4. The van der Waals surface area contributed by atoms with Crippen molar-refractivity contribution in [3.63, 3.8) is 0 Å². The average molecular weight is 334 g/mol. The Labute approximate surface area is 145 Å². The topological polar surface area (TPSA) is 75.7 Å². The first-order chi connectivity index (χ1) is 12.1. The molecule has 0 radical (unpaired) electrons. The number of phenolic OH excluding ortho intramolecular Hbond substituents is 1. The molecule has 3 rings (SSSR count). The second kappa shape index (κ2) is 7.13. The molecule has 0 aliphatic heterocycles. The number of nitro benzene ring substituents is 1. The molecule has 5 heteroatoms. The summed E-state index contributed by atoms with van der Waals surface area (Å²) in [6, 6.07) is 17.5. The molecular weight excluding hydrogens is 316 g/mol. The predicted molar refractivity (Wildman–Crippen MR) is 99.3 cm³/mol. The monoisotopic (exact) mass is 334 g/mol. The van der Waals surface area contributed by atoms with E-state index in [1.165, 1.54) is 12.1 Å². The van der Waals surface area contributed by atoms with Gasteiger partial charge in [0.15, 0.2) is 0 Å². The second-order valence-corrected chi connectivity index (χ2v) is 5.77. The zero-order chi connectivity index (χ0) is 17.8. The van der Waals surface area contributed by atoms with Crippen molar-refractivity contribution in [2.75, 3.05) is 0 Å². The third-order valence-corrected chi connectivity index (χ3v) is 4.18. The fourth-order valence-corrected chi connectivity index (χ4v) is 2.88. The Morgan fingerprint density at radius 1 is 1.12 bits per heavy atom. The van der Waals surface area contributed by atoms with E-state index in [1.54, 1.807) is 24.4 Å². The molecular formula is C20H18N2O3. The van der Waals surface area contributed by atoms with Crippen LogP contribution < -0.4 is 0 Å². The Hall–Kier alpha value is -3.21. The van der Waals surface area contributed by atoms with Crippen LogP contribution in [0.1, 0.15) is 30.5 Å². The van der Waals surface area contributed by atoms with Crippen molar-refractivity contribution in [1.82, 2.24) is 0 Å². The van der Waals surface area contributed by atoms with Crippen molar-refractivity contribution in [1.29, 1.82) is 0 Å². The van der Waals surface area contributed by atoms with E-state index in [9.17, 15) is 15.2 Å². The average Bonchev–Trinajstić information content (AvgIpc) is 2.64. The molecule has 0 aromatic heterocycles. The maximum absolute atomic E-state index is 10.7. The molecule has 0 saturated carbocycles. The van der Waals surface area contributed by atoms with E-state index in [0.717, 1.165) is 28.3 Å². The van der Waals surface area contributed by atoms with Crippen LogP contribution in [-0.2, 0) is 0 Å². The maximum Gasteiger partial charge on any atom is 0.269 e. The molecule has 0 aliphatic rings. The number of benzene rings is 3. The summed E-state index contributed by atoms with van der Waals surface area (Å²) in [5, 5.41) is 23.1. The number of aromatic hydroxyl groups is 1. The Morgan fingerprint density at radius 3 is 2.52 bits per heavy atom. The molecule has 1 atom stereocenters. The first-order valence-electron chi connectivity index (χ1n) is 8.08. The molecule has 126 valence electrons. The van der Waals surface area contributed by atoms with Crippen LogP contribution in [0, 0.1) is 10.1 Å². The summed E-state index contributed by atoms with van der Waals surface area (Å²) in [6.45, 7) is 2.01. The lowest BCUT2D eigenvalue weighted by molar-refractivity contribution is -0.384. The van der Waals surface area contributed by atoms with Crippen molar-refractivity contribution in [3.05, 3.63) is 81.9 Å². The third kappa shape index (κ3) is 3.50. The van der Waals surface area contributed by atoms with Crippen molar-refractivity contribution < 1.29 is 10.0 Å². The zero-order valence-electron chi connectivity index (χ0n) is 13.8. The largest absolute Gasteiger partial charge is 0.508 e. The third-order valence-electron chi connectivity index (χ3n) is 4.18. The molecule has 1 unspecified atom stereocenters. The van der Waals surface area contributed by atoms with Gasteiger partial charge in [-0.15, -0.1) is 0 Å². The molecule has 0 heterocycles. The molecule has 1 N–H and O–H groups in total. The first kappa shape index (κ1) is 16.6. The SMILES string of the molecule is CCC(N=Cc1ccc([N+](=O)[O-])cc1)c1c(O)ccc2ccccc12. The van der Waals surface area contributed by atoms with Gasteiger partial charge in [-0.25, -0.2) is 0 Å². The Bertz CT molecular complexity index is 933. The van der Waals surface area contributed by atoms with Gasteiger partial charge >= 0.3 is 0 Å². The molecule has 0 aliphatic carbocycles. The standard InChI is InChI=1S/C20H18N2O3/c1-2-18(21-13-14-7-10-16(11-8-14)22(24)25)20-17-6-4-3-5-15(17)9-12-19(20)23/h3-13,18,23H,2H2,1H3. The number of aliphatic imine (C=N–C) groups is 1. The number of nitro groups is 1. The van der Waals surface area contributed by atoms with Crippen LogP contribution >= 0.6 is 0 Å². The molecule has 0 amide bonds. The lowest BCUT2D eigenvalue weighted by Gasteiger charge is -2.15. The minimum Gasteiger partial charge on any atom is -0.508 e. The Kier molecular flexibility index (Phi) is 4.75. The van der Waals surface area contributed by atoms with Crippen LogP contribution in [0.2, 0.25) is 0 Å². The van der Waals surface area contributed by atoms with Gasteiger partial charge in [0.25, 0.3) is 5.69 Å². The Morgan fingerprint density at radius 2 is 1.84 bits per heavy atom. The van der Waals surface area contributed by atoms with E-state index in [-0.39, 0.29) is 17.5 Å². The minimum atomic E-state index is -0.427. The van der Waals surface area contributed by atoms with Gasteiger partial charge in [-0.1, -0.05) is 37.3 Å². The van der Waals surface area contributed by atoms with Crippen molar-refractivity contribution in [2.45, 2.75) is 19.4 Å². The molecule has 0 bridgehead atoms. The number of rotatable bonds is 5. The molecule has 0 fully saturated rings. The fraction of sp³-hybridized carbons (Fsp3) is 0.150. The van der Waals surface area contributed by atoms with E-state index in [0.29, 0.717) is 0 Å². The lowest BCUT2D eigenvalue weighted by atomic mass is 9.96. The van der Waals surface area contributed by atoms with Crippen LogP contribution in [0.4, 0.5) is 5.69 Å². The highest BCUT2D eigenvalue weighted by Gasteiger charge is 2.15. The normalized spacial score (nSPS) is 12.5. The van der Waals surface area contributed by atoms with E-state index in [1.807, 2.05) is 37.3 Å². The molecule has 0 spiro atoms. The van der Waals surface area contributed by atoms with Crippen LogP contribution in [0.25, 0.3) is 10.8 Å². The zero-order valence-corrected chi connectivity index (χ0v) is 13.8. The number of phenols is 1. The highest BCUT2D eigenvalue weighted by atomic mass is 16.6. The summed E-state index contributed by atoms with van der Waals surface area (Å²) in [7, 11) is 0. The first-order valence-corrected chi connectivity index (χ1v) is 8.08. The van der Waals surface area contributed by atoms with Gasteiger partial charge in [0.1, 0.15) is 5.75 Å². The summed E-state index contributed by atoms with van der Waals surface area (Å²) in [6.07, 6.45) is 2.42. The summed E-state index contributed by atoms with van der Waals surface area (Å²) >= 11 is 0. The highest BCUT2D eigenvalue weighted by Crippen LogP contribution is 2.35. The van der Waals surface area contributed by atoms with Crippen molar-refractivity contribution >= 4 is 22.7 Å². The number of hydrogen-bond donors (Lipinski definition) is 1. The van der Waals surface area contributed by atoms with E-state index >= 15 is 0 Å². The van der Waals surface area contributed by atoms with Gasteiger partial charge in [0.05, 0.1) is 11.0 Å². The summed E-state index contributed by atoms with van der Waals surface area (Å²) < 4.78 is 0. The Balaban J connectivity index is 1.95. The van der Waals surface area contributed by atoms with Crippen LogP contribution in [-0.4, -0.2) is 16.2 Å². The second-order valence-electron chi connectivity index (χ2n) is 5.77. The highest BCUT2D eigenvalue weighted by molar-refractivity contribution is 5.88. The van der Waals surface area contributed by atoms with Crippen LogP contribution in [0.3, 0.4) is 0 Å². The molecule has 3 aromatic rings. The van der Waals surface area contributed by atoms with Crippen molar-refractivity contribution in [2.24, 2.45) is 4.99 Å². The summed E-state index contributed by atoms with van der Waals surface area (Å²) in [5.41, 5.74) is 1.64. The van der Waals surface area contributed by atoms with Gasteiger partial charge in [-0.05, 0) is 41.0 Å². The van der Waals surface area contributed by atoms with Crippen LogP contribution in [0.5, 0.6) is 5.75 Å². The molecule has 5 nitrogen and oxygen atoms in total. The van der Waals surface area contributed by atoms with E-state index in [2.05, 4.69) is 4.99 Å². The van der Waals surface area contributed by atoms with Gasteiger partial charge in [-0.2, -0.15) is 0 Å². The lowest BCUT2D eigenvalue weighted by Crippen LogP contribution is -1.97. The van der Waals surface area contributed by atoms with Crippen molar-refractivity contribution in [3.8, 4) is 5.75 Å². The maximum atomic E-state index is 10.7. The quantitative estimate of drug-likeness (QED) is 0.404. The predicted octanol–water partition coefficient (Wildman–Crippen LogP) is 5.02. The van der Waals surface area contributed by atoms with Gasteiger partial charge in [0, 0.05) is 23.9 Å². The summed E-state index contributed by atoms with van der Waals surface area (Å²) in [4.78, 5) is 14.9.